The lowest BCUT2D eigenvalue weighted by Crippen LogP contribution is -2.33. The highest BCUT2D eigenvalue weighted by Crippen LogP contribution is 2.19. The lowest BCUT2D eigenvalue weighted by molar-refractivity contribution is -0.117. The number of benzene rings is 1. The second kappa shape index (κ2) is 6.67. The Morgan fingerprint density at radius 1 is 1.15 bits per heavy atom. The highest BCUT2D eigenvalue weighted by molar-refractivity contribution is 6.04. The number of carbonyl (C=O) groups is 3. The third kappa shape index (κ3) is 3.55. The van der Waals surface area contributed by atoms with E-state index < -0.39 is 23.9 Å². The van der Waals surface area contributed by atoms with Crippen LogP contribution in [0.1, 0.15) is 27.6 Å². The number of ether oxygens (including phenoxy) is 2. The Bertz CT molecular complexity index is 540. The predicted octanol–water partition coefficient (Wildman–Crippen LogP) is 0.545. The van der Waals surface area contributed by atoms with Crippen molar-refractivity contribution in [3.8, 4) is 0 Å². The van der Waals surface area contributed by atoms with Crippen LogP contribution in [-0.4, -0.2) is 38.1 Å². The molecule has 0 radical (unpaired) electrons. The Morgan fingerprint density at radius 3 is 2.25 bits per heavy atom. The topological polar surface area (TPSA) is 108 Å². The van der Waals surface area contributed by atoms with Gasteiger partial charge >= 0.3 is 11.9 Å². The average molecular weight is 280 g/mol. The molecule has 0 spiro atoms. The van der Waals surface area contributed by atoms with E-state index in [1.807, 2.05) is 0 Å². The van der Waals surface area contributed by atoms with Crippen LogP contribution in [0.5, 0.6) is 0 Å². The summed E-state index contributed by atoms with van der Waals surface area (Å²) < 4.78 is 9.19. The van der Waals surface area contributed by atoms with Gasteiger partial charge < -0.3 is 20.5 Å². The second-order valence-corrected chi connectivity index (χ2v) is 4.02. The fourth-order valence-electron chi connectivity index (χ4n) is 1.43. The highest BCUT2D eigenvalue weighted by Gasteiger charge is 2.18. The van der Waals surface area contributed by atoms with Gasteiger partial charge in [0.05, 0.1) is 37.1 Å². The van der Waals surface area contributed by atoms with Crippen LogP contribution in [0.2, 0.25) is 0 Å². The van der Waals surface area contributed by atoms with E-state index in [4.69, 9.17) is 5.73 Å². The summed E-state index contributed by atoms with van der Waals surface area (Å²) in [4.78, 5) is 34.7. The monoisotopic (exact) mass is 280 g/mol. The minimum atomic E-state index is -0.762. The van der Waals surface area contributed by atoms with Gasteiger partial charge in [-0.1, -0.05) is 0 Å². The molecule has 0 bridgehead atoms. The average Bonchev–Trinajstić information content (AvgIpc) is 2.45. The van der Waals surface area contributed by atoms with E-state index in [9.17, 15) is 14.4 Å². The normalized spacial score (nSPS) is 11.4. The summed E-state index contributed by atoms with van der Waals surface area (Å²) >= 11 is 0. The van der Waals surface area contributed by atoms with Gasteiger partial charge in [0.1, 0.15) is 0 Å². The minimum Gasteiger partial charge on any atom is -0.465 e. The zero-order valence-electron chi connectivity index (χ0n) is 11.4. The first-order valence-electron chi connectivity index (χ1n) is 5.77. The zero-order valence-corrected chi connectivity index (χ0v) is 11.4. The summed E-state index contributed by atoms with van der Waals surface area (Å²) in [5, 5.41) is 2.47. The molecule has 20 heavy (non-hydrogen) atoms. The molecule has 1 unspecified atom stereocenters. The number of esters is 2. The summed E-state index contributed by atoms with van der Waals surface area (Å²) in [6, 6.07) is 3.34. The zero-order chi connectivity index (χ0) is 15.3. The number of hydrogen-bond acceptors (Lipinski definition) is 6. The number of nitrogens with one attached hydrogen (secondary N) is 1. The third-order valence-corrected chi connectivity index (χ3v) is 2.52. The number of methoxy groups -OCH3 is 2. The standard InChI is InChI=1S/C13H16N2O5/c1-7(14)11(16)15-10-6-8(12(17)19-2)4-5-9(10)13(18)20-3/h4-7H,14H2,1-3H3,(H,15,16). The largest absolute Gasteiger partial charge is 0.465 e. The van der Waals surface area contributed by atoms with Gasteiger partial charge in [-0.25, -0.2) is 9.59 Å². The minimum absolute atomic E-state index is 0.120. The summed E-state index contributed by atoms with van der Waals surface area (Å²) in [6.07, 6.45) is 0. The molecule has 7 nitrogen and oxygen atoms in total. The van der Waals surface area contributed by atoms with Crippen LogP contribution < -0.4 is 11.1 Å². The van der Waals surface area contributed by atoms with Gasteiger partial charge in [0.25, 0.3) is 0 Å². The maximum Gasteiger partial charge on any atom is 0.339 e. The molecule has 1 rings (SSSR count). The number of rotatable bonds is 4. The molecule has 7 heteroatoms. The molecule has 1 aromatic rings. The SMILES string of the molecule is COC(=O)c1ccc(C(=O)OC)c(NC(=O)C(C)N)c1. The predicted molar refractivity (Wildman–Crippen MR) is 71.4 cm³/mol. The number of anilines is 1. The maximum atomic E-state index is 11.6. The number of hydrogen-bond donors (Lipinski definition) is 2. The lowest BCUT2D eigenvalue weighted by Gasteiger charge is -2.12. The number of amides is 1. The van der Waals surface area contributed by atoms with Gasteiger partial charge in [0, 0.05) is 0 Å². The molecule has 108 valence electrons. The first-order chi connectivity index (χ1) is 9.40. The van der Waals surface area contributed by atoms with E-state index in [0.717, 1.165) is 0 Å². The van der Waals surface area contributed by atoms with Crippen LogP contribution in [0.15, 0.2) is 18.2 Å². The fourth-order valence-corrected chi connectivity index (χ4v) is 1.43. The molecule has 1 atom stereocenters. The molecule has 1 amide bonds. The summed E-state index contributed by atoms with van der Waals surface area (Å²) in [7, 11) is 2.45. The lowest BCUT2D eigenvalue weighted by atomic mass is 10.1. The Kier molecular flexibility index (Phi) is 5.22. The van der Waals surface area contributed by atoms with Gasteiger partial charge in [-0.2, -0.15) is 0 Å². The number of nitrogens with two attached hydrogens (primary N) is 1. The summed E-state index contributed by atoms with van der Waals surface area (Å²) in [5.41, 5.74) is 5.90. The quantitative estimate of drug-likeness (QED) is 0.780. The maximum absolute atomic E-state index is 11.6. The first kappa shape index (κ1) is 15.6. The van der Waals surface area contributed by atoms with Gasteiger partial charge in [0.2, 0.25) is 5.91 Å². The van der Waals surface area contributed by atoms with Crippen molar-refractivity contribution in [1.82, 2.24) is 0 Å². The van der Waals surface area contributed by atoms with E-state index in [1.54, 1.807) is 0 Å². The van der Waals surface area contributed by atoms with Gasteiger partial charge in [-0.3, -0.25) is 4.79 Å². The van der Waals surface area contributed by atoms with Gasteiger partial charge in [0.15, 0.2) is 0 Å². The summed E-state index contributed by atoms with van der Waals surface area (Å²) in [6.45, 7) is 1.50. The van der Waals surface area contributed by atoms with Crippen molar-refractivity contribution in [2.24, 2.45) is 5.73 Å². The number of carbonyl (C=O) groups excluding carboxylic acids is 3. The molecule has 1 aromatic carbocycles. The molecule has 0 aromatic heterocycles. The van der Waals surface area contributed by atoms with Crippen molar-refractivity contribution >= 4 is 23.5 Å². The van der Waals surface area contributed by atoms with Crippen LogP contribution in [0, 0.1) is 0 Å². The molecule has 0 saturated heterocycles. The van der Waals surface area contributed by atoms with Crippen molar-refractivity contribution < 1.29 is 23.9 Å². The van der Waals surface area contributed by atoms with Crippen LogP contribution in [0.3, 0.4) is 0 Å². The Balaban J connectivity index is 3.22. The molecular weight excluding hydrogens is 264 g/mol. The van der Waals surface area contributed by atoms with Crippen LogP contribution in [0.25, 0.3) is 0 Å². The Morgan fingerprint density at radius 2 is 1.75 bits per heavy atom. The smallest absolute Gasteiger partial charge is 0.339 e. The van der Waals surface area contributed by atoms with Crippen molar-refractivity contribution in [3.63, 3.8) is 0 Å². The van der Waals surface area contributed by atoms with Crippen LogP contribution in [0.4, 0.5) is 5.69 Å². The van der Waals surface area contributed by atoms with Crippen molar-refractivity contribution in [2.45, 2.75) is 13.0 Å². The first-order valence-corrected chi connectivity index (χ1v) is 5.77. The fraction of sp³-hybridized carbons (Fsp3) is 0.308. The van der Waals surface area contributed by atoms with Crippen molar-refractivity contribution in [1.29, 1.82) is 0 Å². The van der Waals surface area contributed by atoms with Gasteiger partial charge in [-0.15, -0.1) is 0 Å². The van der Waals surface area contributed by atoms with Crippen molar-refractivity contribution in [3.05, 3.63) is 29.3 Å². The molecule has 0 aliphatic rings. The van der Waals surface area contributed by atoms with Gasteiger partial charge in [-0.05, 0) is 25.1 Å². The second-order valence-electron chi connectivity index (χ2n) is 4.02. The molecule has 0 aliphatic carbocycles. The van der Waals surface area contributed by atoms with E-state index in [0.29, 0.717) is 0 Å². The molecule has 3 N–H and O–H groups in total. The highest BCUT2D eigenvalue weighted by atomic mass is 16.5. The molecule has 0 heterocycles. The molecule has 0 saturated carbocycles. The summed E-state index contributed by atoms with van der Waals surface area (Å²) in [5.74, 6) is -1.71. The van der Waals surface area contributed by atoms with Crippen LogP contribution >= 0.6 is 0 Å². The van der Waals surface area contributed by atoms with E-state index in [2.05, 4.69) is 14.8 Å². The van der Waals surface area contributed by atoms with E-state index in [1.165, 1.54) is 39.3 Å². The third-order valence-electron chi connectivity index (χ3n) is 2.52. The molecule has 0 aliphatic heterocycles. The van der Waals surface area contributed by atoms with Crippen LogP contribution in [-0.2, 0) is 14.3 Å². The van der Waals surface area contributed by atoms with E-state index in [-0.39, 0.29) is 16.8 Å². The molecule has 0 fully saturated rings. The van der Waals surface area contributed by atoms with Crippen molar-refractivity contribution in [2.75, 3.05) is 19.5 Å². The Hall–Kier alpha value is -2.41. The van der Waals surface area contributed by atoms with E-state index >= 15 is 0 Å². The Labute approximate surface area is 116 Å². The molecular formula is C13H16N2O5.